The molecule has 1 atom stereocenters. The van der Waals surface area contributed by atoms with Crippen LogP contribution in [0.5, 0.6) is 28.7 Å². The lowest BCUT2D eigenvalue weighted by Gasteiger charge is -2.25. The normalized spacial score (nSPS) is 15.1. The van der Waals surface area contributed by atoms with Crippen LogP contribution in [0.1, 0.15) is 5.56 Å². The number of carbonyl (C=O) groups excluding carboxylic acids is 1. The number of carbonyl (C=O) groups is 1. The third kappa shape index (κ3) is 3.46. The predicted octanol–water partition coefficient (Wildman–Crippen LogP) is 2.17. The van der Waals surface area contributed by atoms with Gasteiger partial charge in [0.05, 0.1) is 21.3 Å². The lowest BCUT2D eigenvalue weighted by molar-refractivity contribution is -0.130. The Labute approximate surface area is 151 Å². The molecule has 0 saturated heterocycles. The molecule has 0 spiro atoms. The minimum atomic E-state index is -0.712. The van der Waals surface area contributed by atoms with Gasteiger partial charge >= 0.3 is 0 Å². The first-order valence-electron chi connectivity index (χ1n) is 8.12. The monoisotopic (exact) mass is 359 g/mol. The Bertz CT molecular complexity index is 792. The van der Waals surface area contributed by atoms with Gasteiger partial charge in [-0.3, -0.25) is 4.79 Å². The molecule has 1 amide bonds. The van der Waals surface area contributed by atoms with Gasteiger partial charge in [-0.2, -0.15) is 0 Å². The number of ether oxygens (including phenoxy) is 5. The van der Waals surface area contributed by atoms with Crippen molar-refractivity contribution in [3.05, 3.63) is 42.0 Å². The second-order valence-electron chi connectivity index (χ2n) is 5.58. The largest absolute Gasteiger partial charge is 0.493 e. The van der Waals surface area contributed by atoms with E-state index in [0.717, 1.165) is 5.56 Å². The molecule has 0 saturated carbocycles. The summed E-state index contributed by atoms with van der Waals surface area (Å²) >= 11 is 0. The maximum Gasteiger partial charge on any atom is 0.264 e. The first-order chi connectivity index (χ1) is 12.7. The molecule has 1 N–H and O–H groups in total. The van der Waals surface area contributed by atoms with Crippen LogP contribution in [0.25, 0.3) is 0 Å². The van der Waals surface area contributed by atoms with Crippen LogP contribution in [-0.4, -0.2) is 39.9 Å². The van der Waals surface area contributed by atoms with Crippen molar-refractivity contribution in [2.45, 2.75) is 12.6 Å². The van der Waals surface area contributed by atoms with Gasteiger partial charge in [-0.1, -0.05) is 12.1 Å². The molecule has 2 aromatic rings. The molecule has 7 nitrogen and oxygen atoms in total. The number of nitrogens with one attached hydrogen (secondary N) is 1. The lowest BCUT2D eigenvalue weighted by atomic mass is 10.1. The summed E-state index contributed by atoms with van der Waals surface area (Å²) in [6.07, 6.45) is -0.712. The van der Waals surface area contributed by atoms with Crippen LogP contribution in [0.4, 0.5) is 0 Å². The Morgan fingerprint density at radius 2 is 1.77 bits per heavy atom. The smallest absolute Gasteiger partial charge is 0.264 e. The molecule has 1 aliphatic rings. The van der Waals surface area contributed by atoms with Crippen LogP contribution in [0, 0.1) is 0 Å². The van der Waals surface area contributed by atoms with E-state index in [9.17, 15) is 4.79 Å². The van der Waals surface area contributed by atoms with Crippen molar-refractivity contribution >= 4 is 5.91 Å². The van der Waals surface area contributed by atoms with Crippen molar-refractivity contribution in [3.63, 3.8) is 0 Å². The fourth-order valence-corrected chi connectivity index (χ4v) is 2.75. The van der Waals surface area contributed by atoms with E-state index >= 15 is 0 Å². The molecule has 1 heterocycles. The zero-order valence-corrected chi connectivity index (χ0v) is 14.9. The van der Waals surface area contributed by atoms with E-state index in [1.54, 1.807) is 25.3 Å². The van der Waals surface area contributed by atoms with E-state index in [1.807, 2.05) is 18.2 Å². The number of methoxy groups -OCH3 is 3. The topological polar surface area (TPSA) is 75.3 Å². The lowest BCUT2D eigenvalue weighted by Crippen LogP contribution is -2.43. The summed E-state index contributed by atoms with van der Waals surface area (Å²) in [7, 11) is 4.63. The number of hydrogen-bond donors (Lipinski definition) is 1. The minimum absolute atomic E-state index is 0.159. The molecule has 3 rings (SSSR count). The van der Waals surface area contributed by atoms with Crippen LogP contribution in [0.3, 0.4) is 0 Å². The molecule has 0 bridgehead atoms. The highest BCUT2D eigenvalue weighted by molar-refractivity contribution is 5.81. The molecule has 0 aliphatic carbocycles. The van der Waals surface area contributed by atoms with E-state index in [4.69, 9.17) is 23.7 Å². The van der Waals surface area contributed by atoms with Crippen molar-refractivity contribution in [3.8, 4) is 28.7 Å². The summed E-state index contributed by atoms with van der Waals surface area (Å²) in [6, 6.07) is 10.8. The first-order valence-corrected chi connectivity index (χ1v) is 8.12. The summed E-state index contributed by atoms with van der Waals surface area (Å²) in [6.45, 7) is 0.412. The van der Waals surface area contributed by atoms with Crippen molar-refractivity contribution in [2.24, 2.45) is 0 Å². The van der Waals surface area contributed by atoms with Gasteiger partial charge in [0.2, 0.25) is 11.9 Å². The van der Waals surface area contributed by atoms with Gasteiger partial charge in [-0.15, -0.1) is 0 Å². The van der Waals surface area contributed by atoms with E-state index in [1.165, 1.54) is 14.2 Å². The van der Waals surface area contributed by atoms with Gasteiger partial charge in [0, 0.05) is 12.1 Å². The summed E-state index contributed by atoms with van der Waals surface area (Å²) in [5.41, 5.74) is 0.760. The number of fused-ring (bicyclic) bond motifs is 1. The number of amides is 1. The molecular formula is C19H21NO6. The molecule has 2 aromatic carbocycles. The number of benzene rings is 2. The van der Waals surface area contributed by atoms with E-state index < -0.39 is 6.10 Å². The standard InChI is InChI=1S/C19H21NO6/c1-22-15-9-8-12(17(23-2)18(15)24-3)10-20-19(21)16-11-25-13-6-4-5-7-14(13)26-16/h4-9,16H,10-11H2,1-3H3,(H,20,21)/t16-/m0/s1. The molecule has 26 heavy (non-hydrogen) atoms. The Morgan fingerprint density at radius 3 is 2.46 bits per heavy atom. The molecule has 7 heteroatoms. The molecule has 138 valence electrons. The Balaban J connectivity index is 1.69. The van der Waals surface area contributed by atoms with Crippen molar-refractivity contribution in [1.29, 1.82) is 0 Å². The van der Waals surface area contributed by atoms with Crippen LogP contribution < -0.4 is 29.0 Å². The Hall–Kier alpha value is -3.09. The highest BCUT2D eigenvalue weighted by atomic mass is 16.6. The maximum atomic E-state index is 12.4. The van der Waals surface area contributed by atoms with Crippen molar-refractivity contribution < 1.29 is 28.5 Å². The molecular weight excluding hydrogens is 338 g/mol. The summed E-state index contributed by atoms with van der Waals surface area (Å²) in [5, 5.41) is 2.84. The zero-order chi connectivity index (χ0) is 18.5. The fraction of sp³-hybridized carbons (Fsp3) is 0.316. The van der Waals surface area contributed by atoms with E-state index in [-0.39, 0.29) is 19.1 Å². The quantitative estimate of drug-likeness (QED) is 0.852. The van der Waals surface area contributed by atoms with Crippen LogP contribution >= 0.6 is 0 Å². The van der Waals surface area contributed by atoms with Crippen LogP contribution in [0.15, 0.2) is 36.4 Å². The van der Waals surface area contributed by atoms with Gasteiger partial charge in [-0.05, 0) is 24.3 Å². The number of hydrogen-bond acceptors (Lipinski definition) is 6. The Morgan fingerprint density at radius 1 is 1.04 bits per heavy atom. The van der Waals surface area contributed by atoms with Gasteiger partial charge < -0.3 is 29.0 Å². The Kier molecular flexibility index (Phi) is 5.36. The molecule has 0 radical (unpaired) electrons. The zero-order valence-electron chi connectivity index (χ0n) is 14.9. The fourth-order valence-electron chi connectivity index (χ4n) is 2.75. The highest BCUT2D eigenvalue weighted by Gasteiger charge is 2.27. The van der Waals surface area contributed by atoms with E-state index in [2.05, 4.69) is 5.32 Å². The molecule has 0 aromatic heterocycles. The third-order valence-electron chi connectivity index (χ3n) is 4.04. The number of para-hydroxylation sites is 2. The SMILES string of the molecule is COc1ccc(CNC(=O)[C@@H]2COc3ccccc3O2)c(OC)c1OC. The van der Waals surface area contributed by atoms with Crippen molar-refractivity contribution in [1.82, 2.24) is 5.32 Å². The second kappa shape index (κ2) is 7.86. The molecule has 0 fully saturated rings. The third-order valence-corrected chi connectivity index (χ3v) is 4.04. The summed E-state index contributed by atoms with van der Waals surface area (Å²) in [4.78, 5) is 12.4. The van der Waals surface area contributed by atoms with Crippen LogP contribution in [-0.2, 0) is 11.3 Å². The average molecular weight is 359 g/mol. The van der Waals surface area contributed by atoms with Gasteiger partial charge in [0.1, 0.15) is 6.61 Å². The molecule has 1 aliphatic heterocycles. The highest BCUT2D eigenvalue weighted by Crippen LogP contribution is 2.39. The van der Waals surface area contributed by atoms with Gasteiger partial charge in [0.15, 0.2) is 23.0 Å². The maximum absolute atomic E-state index is 12.4. The molecule has 0 unspecified atom stereocenters. The van der Waals surface area contributed by atoms with E-state index in [0.29, 0.717) is 28.7 Å². The summed E-state index contributed by atoms with van der Waals surface area (Å²) < 4.78 is 27.3. The first kappa shape index (κ1) is 17.7. The number of rotatable bonds is 6. The second-order valence-corrected chi connectivity index (χ2v) is 5.58. The average Bonchev–Trinajstić information content (AvgIpc) is 2.70. The van der Waals surface area contributed by atoms with Gasteiger partial charge in [-0.25, -0.2) is 0 Å². The van der Waals surface area contributed by atoms with Gasteiger partial charge in [0.25, 0.3) is 5.91 Å². The minimum Gasteiger partial charge on any atom is -0.493 e. The summed E-state index contributed by atoms with van der Waals surface area (Å²) in [5.74, 6) is 2.48. The predicted molar refractivity (Wildman–Crippen MR) is 94.3 cm³/mol. The van der Waals surface area contributed by atoms with Crippen LogP contribution in [0.2, 0.25) is 0 Å². The van der Waals surface area contributed by atoms with Crippen molar-refractivity contribution in [2.75, 3.05) is 27.9 Å².